The van der Waals surface area contributed by atoms with E-state index < -0.39 is 0 Å². The summed E-state index contributed by atoms with van der Waals surface area (Å²) in [5.41, 5.74) is 3.01. The third kappa shape index (κ3) is 4.57. The lowest BCUT2D eigenvalue weighted by molar-refractivity contribution is -0.117. The van der Waals surface area contributed by atoms with Gasteiger partial charge >= 0.3 is 0 Å². The van der Waals surface area contributed by atoms with E-state index in [1.807, 2.05) is 42.5 Å². The molecule has 0 bridgehead atoms. The molecule has 32 heavy (non-hydrogen) atoms. The maximum atomic E-state index is 12.6. The molecule has 0 saturated carbocycles. The Morgan fingerprint density at radius 2 is 1.53 bits per heavy atom. The van der Waals surface area contributed by atoms with E-state index in [1.165, 1.54) is 18.5 Å². The molecule has 0 unspecified atom stereocenters. The number of anilines is 3. The lowest BCUT2D eigenvalue weighted by Crippen LogP contribution is -2.49. The first-order valence-electron chi connectivity index (χ1n) is 11.2. The van der Waals surface area contributed by atoms with E-state index in [4.69, 9.17) is 0 Å². The fourth-order valence-corrected chi connectivity index (χ4v) is 4.36. The van der Waals surface area contributed by atoms with E-state index in [0.29, 0.717) is 6.54 Å². The Balaban J connectivity index is 1.12. The Kier molecular flexibility index (Phi) is 5.98. The number of rotatable bonds is 6. The first kappa shape index (κ1) is 20.4. The summed E-state index contributed by atoms with van der Waals surface area (Å²) in [6.07, 6.45) is 2.51. The summed E-state index contributed by atoms with van der Waals surface area (Å²) >= 11 is 0. The number of tetrazole rings is 1. The molecule has 1 amide bonds. The summed E-state index contributed by atoms with van der Waals surface area (Å²) in [4.78, 5) is 19.3. The second-order valence-electron chi connectivity index (χ2n) is 8.28. The third-order valence-corrected chi connectivity index (χ3v) is 6.10. The van der Waals surface area contributed by atoms with Gasteiger partial charge in [-0.3, -0.25) is 9.69 Å². The van der Waals surface area contributed by atoms with Crippen molar-refractivity contribution < 1.29 is 4.79 Å². The van der Waals surface area contributed by atoms with Crippen molar-refractivity contribution in [2.24, 2.45) is 0 Å². The standard InChI is InChI=1S/C23H28N8O/c32-22(24-19-8-10-20(11-9-19)29-12-4-5-13-29)18-28-14-16-30(17-15-28)23-25-26-27-31(23)21-6-2-1-3-7-21/h1-3,6-11H,4-5,12-18H2,(H,24,32). The number of nitrogens with zero attached hydrogens (tertiary/aromatic N) is 7. The van der Waals surface area contributed by atoms with Crippen LogP contribution in [0.1, 0.15) is 12.8 Å². The molecule has 5 rings (SSSR count). The van der Waals surface area contributed by atoms with Crippen molar-refractivity contribution in [3.8, 4) is 5.69 Å². The molecule has 9 nitrogen and oxygen atoms in total. The van der Waals surface area contributed by atoms with Crippen molar-refractivity contribution in [1.82, 2.24) is 25.1 Å². The van der Waals surface area contributed by atoms with Crippen LogP contribution in [0.25, 0.3) is 5.69 Å². The molecule has 0 aliphatic carbocycles. The molecule has 3 heterocycles. The number of hydrogen-bond acceptors (Lipinski definition) is 7. The highest BCUT2D eigenvalue weighted by Crippen LogP contribution is 2.22. The van der Waals surface area contributed by atoms with Crippen molar-refractivity contribution >= 4 is 23.2 Å². The summed E-state index contributed by atoms with van der Waals surface area (Å²) in [6, 6.07) is 18.1. The zero-order valence-electron chi connectivity index (χ0n) is 18.1. The molecule has 9 heteroatoms. The number of piperazine rings is 1. The predicted octanol–water partition coefficient (Wildman–Crippen LogP) is 2.02. The average Bonchev–Trinajstić information content (AvgIpc) is 3.53. The van der Waals surface area contributed by atoms with Gasteiger partial charge in [0.05, 0.1) is 12.2 Å². The van der Waals surface area contributed by atoms with Crippen molar-refractivity contribution in [3.05, 3.63) is 54.6 Å². The maximum absolute atomic E-state index is 12.6. The minimum Gasteiger partial charge on any atom is -0.372 e. The maximum Gasteiger partial charge on any atom is 0.250 e. The van der Waals surface area contributed by atoms with Gasteiger partial charge in [0.15, 0.2) is 0 Å². The van der Waals surface area contributed by atoms with Crippen LogP contribution in [-0.2, 0) is 4.79 Å². The van der Waals surface area contributed by atoms with Crippen LogP contribution in [0.2, 0.25) is 0 Å². The molecule has 166 valence electrons. The fraction of sp³-hybridized carbons (Fsp3) is 0.391. The number of amides is 1. The first-order valence-corrected chi connectivity index (χ1v) is 11.2. The van der Waals surface area contributed by atoms with E-state index in [0.717, 1.165) is 56.6 Å². The third-order valence-electron chi connectivity index (χ3n) is 6.10. The normalized spacial score (nSPS) is 17.0. The average molecular weight is 433 g/mol. The molecular weight excluding hydrogens is 404 g/mol. The zero-order valence-corrected chi connectivity index (χ0v) is 18.1. The van der Waals surface area contributed by atoms with Gasteiger partial charge in [0.1, 0.15) is 0 Å². The van der Waals surface area contributed by atoms with E-state index in [-0.39, 0.29) is 5.91 Å². The monoisotopic (exact) mass is 432 g/mol. The molecular formula is C23H28N8O. The highest BCUT2D eigenvalue weighted by atomic mass is 16.2. The largest absolute Gasteiger partial charge is 0.372 e. The minimum atomic E-state index is 0.0153. The van der Waals surface area contributed by atoms with E-state index >= 15 is 0 Å². The summed E-state index contributed by atoms with van der Waals surface area (Å²) in [5.74, 6) is 0.750. The molecule has 1 aromatic heterocycles. The van der Waals surface area contributed by atoms with Crippen LogP contribution in [0.15, 0.2) is 54.6 Å². The Morgan fingerprint density at radius 3 is 2.25 bits per heavy atom. The molecule has 0 spiro atoms. The molecule has 2 aliphatic heterocycles. The number of carbonyl (C=O) groups is 1. The van der Waals surface area contributed by atoms with Crippen LogP contribution >= 0.6 is 0 Å². The fourth-order valence-electron chi connectivity index (χ4n) is 4.36. The number of carbonyl (C=O) groups excluding carboxylic acids is 1. The Bertz CT molecular complexity index is 1020. The first-order chi connectivity index (χ1) is 15.8. The summed E-state index contributed by atoms with van der Waals surface area (Å²) < 4.78 is 1.76. The van der Waals surface area contributed by atoms with Gasteiger partial charge in [-0.05, 0) is 59.7 Å². The van der Waals surface area contributed by atoms with E-state index in [2.05, 4.69) is 47.7 Å². The van der Waals surface area contributed by atoms with Gasteiger partial charge in [-0.2, -0.15) is 4.68 Å². The highest BCUT2D eigenvalue weighted by Gasteiger charge is 2.23. The van der Waals surface area contributed by atoms with Crippen molar-refractivity contribution in [3.63, 3.8) is 0 Å². The predicted molar refractivity (Wildman–Crippen MR) is 124 cm³/mol. The number of para-hydroxylation sites is 1. The van der Waals surface area contributed by atoms with Crippen molar-refractivity contribution in [2.75, 3.05) is 60.9 Å². The van der Waals surface area contributed by atoms with Gasteiger partial charge in [0.2, 0.25) is 11.9 Å². The number of benzene rings is 2. The van der Waals surface area contributed by atoms with Gasteiger partial charge in [-0.1, -0.05) is 23.3 Å². The van der Waals surface area contributed by atoms with Crippen molar-refractivity contribution in [1.29, 1.82) is 0 Å². The van der Waals surface area contributed by atoms with Gasteiger partial charge in [-0.15, -0.1) is 0 Å². The van der Waals surface area contributed by atoms with Crippen LogP contribution in [0, 0.1) is 0 Å². The van der Waals surface area contributed by atoms with E-state index in [9.17, 15) is 4.79 Å². The van der Waals surface area contributed by atoms with Gasteiger partial charge < -0.3 is 15.1 Å². The lowest BCUT2D eigenvalue weighted by atomic mass is 10.2. The van der Waals surface area contributed by atoms with Crippen LogP contribution in [-0.4, -0.2) is 76.8 Å². The number of aromatic nitrogens is 4. The van der Waals surface area contributed by atoms with Gasteiger partial charge in [0, 0.05) is 50.6 Å². The number of nitrogens with one attached hydrogen (secondary N) is 1. The van der Waals surface area contributed by atoms with Crippen LogP contribution in [0.3, 0.4) is 0 Å². The second kappa shape index (κ2) is 9.35. The molecule has 0 radical (unpaired) electrons. The summed E-state index contributed by atoms with van der Waals surface area (Å²) in [5, 5.41) is 15.2. The van der Waals surface area contributed by atoms with E-state index in [1.54, 1.807) is 4.68 Å². The highest BCUT2D eigenvalue weighted by molar-refractivity contribution is 5.92. The molecule has 2 aromatic carbocycles. The molecule has 2 aliphatic rings. The lowest BCUT2D eigenvalue weighted by Gasteiger charge is -2.34. The Morgan fingerprint density at radius 1 is 0.812 bits per heavy atom. The SMILES string of the molecule is O=C(CN1CCN(c2nnnn2-c2ccccc2)CC1)Nc1ccc(N2CCCC2)cc1. The quantitative estimate of drug-likeness (QED) is 0.638. The molecule has 2 fully saturated rings. The van der Waals surface area contributed by atoms with Gasteiger partial charge in [-0.25, -0.2) is 0 Å². The van der Waals surface area contributed by atoms with Gasteiger partial charge in [0.25, 0.3) is 0 Å². The summed E-state index contributed by atoms with van der Waals surface area (Å²) in [6.45, 7) is 5.72. The molecule has 2 saturated heterocycles. The molecule has 3 aromatic rings. The summed E-state index contributed by atoms with van der Waals surface area (Å²) in [7, 11) is 0. The van der Waals surface area contributed by atoms with Crippen LogP contribution in [0.4, 0.5) is 17.3 Å². The zero-order chi connectivity index (χ0) is 21.8. The number of hydrogen-bond donors (Lipinski definition) is 1. The van der Waals surface area contributed by atoms with Crippen molar-refractivity contribution in [2.45, 2.75) is 12.8 Å². The Hall–Kier alpha value is -3.46. The molecule has 0 atom stereocenters. The second-order valence-corrected chi connectivity index (χ2v) is 8.28. The Labute approximate surface area is 187 Å². The van der Waals surface area contributed by atoms with Crippen LogP contribution in [0.5, 0.6) is 0 Å². The molecule has 1 N–H and O–H groups in total. The minimum absolute atomic E-state index is 0.0153. The topological polar surface area (TPSA) is 82.4 Å². The van der Waals surface area contributed by atoms with Crippen LogP contribution < -0.4 is 15.1 Å². The smallest absolute Gasteiger partial charge is 0.250 e.